The summed E-state index contributed by atoms with van der Waals surface area (Å²) < 4.78 is 9.96. The van der Waals surface area contributed by atoms with E-state index in [1.807, 2.05) is 30.0 Å². The number of aromatic nitrogens is 5. The van der Waals surface area contributed by atoms with Gasteiger partial charge in [0, 0.05) is 43.7 Å². The summed E-state index contributed by atoms with van der Waals surface area (Å²) in [4.78, 5) is 4.75. The monoisotopic (exact) mass is 310 g/mol. The summed E-state index contributed by atoms with van der Waals surface area (Å²) in [5.74, 6) is 0.648. The van der Waals surface area contributed by atoms with Crippen LogP contribution in [-0.4, -0.2) is 42.1 Å². The summed E-state index contributed by atoms with van der Waals surface area (Å²) in [6.07, 6.45) is 9.48. The van der Waals surface area contributed by atoms with Gasteiger partial charge in [-0.15, -0.1) is 0 Å². The lowest BCUT2D eigenvalue weighted by Gasteiger charge is -2.43. The molecule has 7 heteroatoms. The van der Waals surface area contributed by atoms with Gasteiger partial charge in [0.25, 0.3) is 0 Å². The molecule has 0 amide bonds. The molecule has 3 fully saturated rings. The van der Waals surface area contributed by atoms with Gasteiger partial charge in [0.1, 0.15) is 11.1 Å². The molecule has 0 aromatic carbocycles. The largest absolute Gasteiger partial charge is 0.468 e. The van der Waals surface area contributed by atoms with E-state index in [2.05, 4.69) is 22.4 Å². The van der Waals surface area contributed by atoms with Crippen molar-refractivity contribution in [1.29, 1.82) is 0 Å². The minimum atomic E-state index is -0.125. The van der Waals surface area contributed by atoms with E-state index in [-0.39, 0.29) is 11.1 Å². The van der Waals surface area contributed by atoms with Crippen molar-refractivity contribution in [2.75, 3.05) is 6.54 Å². The molecule has 23 heavy (non-hydrogen) atoms. The van der Waals surface area contributed by atoms with Crippen LogP contribution in [0.5, 0.6) is 5.88 Å². The van der Waals surface area contributed by atoms with Crippen LogP contribution in [0.25, 0.3) is 16.8 Å². The van der Waals surface area contributed by atoms with Crippen LogP contribution in [0.1, 0.15) is 19.8 Å². The standard InChI is InChI=1S/C16H18N6O/c1-15-8-16(9-15,10-17-15)23-14-13-3-4-18-22(13)7-12(20-14)11-5-19-21(2)6-11/h3-7,17H,8-10H2,1-2H3. The highest BCUT2D eigenvalue weighted by molar-refractivity contribution is 5.64. The zero-order valence-corrected chi connectivity index (χ0v) is 13.2. The van der Waals surface area contributed by atoms with Gasteiger partial charge in [0.05, 0.1) is 24.3 Å². The number of aryl methyl sites for hydroxylation is 1. The molecule has 2 aliphatic heterocycles. The normalized spacial score (nSPS) is 29.0. The lowest BCUT2D eigenvalue weighted by Crippen LogP contribution is -2.52. The van der Waals surface area contributed by atoms with E-state index in [0.717, 1.165) is 36.2 Å². The number of hydrogen-bond donors (Lipinski definition) is 1. The zero-order valence-electron chi connectivity index (χ0n) is 13.2. The minimum absolute atomic E-state index is 0.125. The van der Waals surface area contributed by atoms with Gasteiger partial charge in [-0.2, -0.15) is 10.2 Å². The first kappa shape index (κ1) is 13.1. The van der Waals surface area contributed by atoms with Gasteiger partial charge < -0.3 is 10.1 Å². The van der Waals surface area contributed by atoms with Gasteiger partial charge in [0.2, 0.25) is 5.88 Å². The number of rotatable bonds is 3. The Bertz CT molecular complexity index is 904. The van der Waals surface area contributed by atoms with Crippen LogP contribution in [-0.2, 0) is 7.05 Å². The number of nitrogens with one attached hydrogen (secondary N) is 1. The van der Waals surface area contributed by atoms with Crippen LogP contribution >= 0.6 is 0 Å². The van der Waals surface area contributed by atoms with Gasteiger partial charge in [-0.05, 0) is 13.0 Å². The molecule has 3 aliphatic rings. The smallest absolute Gasteiger partial charge is 0.241 e. The van der Waals surface area contributed by atoms with E-state index in [9.17, 15) is 0 Å². The molecular formula is C16H18N6O. The van der Waals surface area contributed by atoms with Gasteiger partial charge in [-0.3, -0.25) is 4.68 Å². The molecule has 1 aliphatic carbocycles. The molecule has 118 valence electrons. The Balaban J connectivity index is 1.58. The first-order valence-electron chi connectivity index (χ1n) is 7.82. The maximum atomic E-state index is 6.37. The van der Waals surface area contributed by atoms with Crippen molar-refractivity contribution in [1.82, 2.24) is 29.7 Å². The number of fused-ring (bicyclic) bond motifs is 2. The van der Waals surface area contributed by atoms with Crippen molar-refractivity contribution in [3.8, 4) is 17.1 Å². The molecule has 2 saturated heterocycles. The van der Waals surface area contributed by atoms with E-state index in [4.69, 9.17) is 9.72 Å². The van der Waals surface area contributed by atoms with Crippen molar-refractivity contribution >= 4 is 5.52 Å². The van der Waals surface area contributed by atoms with E-state index >= 15 is 0 Å². The fourth-order valence-electron chi connectivity index (χ4n) is 3.97. The maximum absolute atomic E-state index is 6.37. The zero-order chi connectivity index (χ0) is 15.7. The van der Waals surface area contributed by atoms with E-state index < -0.39 is 0 Å². The average molecular weight is 310 g/mol. The Morgan fingerprint density at radius 3 is 2.83 bits per heavy atom. The quantitative estimate of drug-likeness (QED) is 0.792. The topological polar surface area (TPSA) is 69.3 Å². The average Bonchev–Trinajstić information content (AvgIpc) is 3.21. The second kappa shape index (κ2) is 4.11. The highest BCUT2D eigenvalue weighted by Crippen LogP contribution is 2.49. The Morgan fingerprint density at radius 2 is 2.13 bits per heavy atom. The number of hydrogen-bond acceptors (Lipinski definition) is 5. The molecule has 0 unspecified atom stereocenters. The summed E-state index contributed by atoms with van der Waals surface area (Å²) >= 11 is 0. The molecule has 0 radical (unpaired) electrons. The van der Waals surface area contributed by atoms with Crippen molar-refractivity contribution in [3.63, 3.8) is 0 Å². The van der Waals surface area contributed by atoms with Gasteiger partial charge >= 0.3 is 0 Å². The fourth-order valence-corrected chi connectivity index (χ4v) is 3.97. The van der Waals surface area contributed by atoms with E-state index in [1.54, 1.807) is 17.1 Å². The maximum Gasteiger partial charge on any atom is 0.241 e. The first-order valence-corrected chi connectivity index (χ1v) is 7.82. The van der Waals surface area contributed by atoms with Crippen LogP contribution in [0.3, 0.4) is 0 Å². The molecule has 3 aromatic rings. The van der Waals surface area contributed by atoms with Gasteiger partial charge in [-0.1, -0.05) is 0 Å². The summed E-state index contributed by atoms with van der Waals surface area (Å²) in [7, 11) is 1.89. The van der Waals surface area contributed by atoms with Crippen molar-refractivity contribution in [2.24, 2.45) is 7.05 Å². The molecule has 6 rings (SSSR count). The van der Waals surface area contributed by atoms with Crippen molar-refractivity contribution < 1.29 is 4.74 Å². The summed E-state index contributed by atoms with van der Waals surface area (Å²) in [6.45, 7) is 3.12. The van der Waals surface area contributed by atoms with Crippen LogP contribution in [0.4, 0.5) is 0 Å². The second-order valence-electron chi connectivity index (χ2n) is 7.05. The SMILES string of the molecule is Cn1cc(-c2cn3nccc3c(OC34CNC(C)(C3)C4)n2)cn1. The van der Waals surface area contributed by atoms with E-state index in [1.165, 1.54) is 0 Å². The molecule has 0 atom stereocenters. The highest BCUT2D eigenvalue weighted by atomic mass is 16.5. The van der Waals surface area contributed by atoms with E-state index in [0.29, 0.717) is 5.88 Å². The number of nitrogens with zero attached hydrogens (tertiary/aromatic N) is 5. The van der Waals surface area contributed by atoms with Crippen LogP contribution in [0.2, 0.25) is 0 Å². The van der Waals surface area contributed by atoms with Crippen LogP contribution in [0, 0.1) is 0 Å². The third-order valence-electron chi connectivity index (χ3n) is 4.93. The second-order valence-corrected chi connectivity index (χ2v) is 7.05. The predicted molar refractivity (Wildman–Crippen MR) is 84.2 cm³/mol. The minimum Gasteiger partial charge on any atom is -0.468 e. The predicted octanol–water partition coefficient (Wildman–Crippen LogP) is 1.40. The Morgan fingerprint density at radius 1 is 1.26 bits per heavy atom. The Kier molecular flexibility index (Phi) is 2.33. The fraction of sp³-hybridized carbons (Fsp3) is 0.438. The molecule has 5 heterocycles. The van der Waals surface area contributed by atoms with Crippen molar-refractivity contribution in [2.45, 2.75) is 30.9 Å². The lowest BCUT2D eigenvalue weighted by atomic mass is 9.71. The molecule has 2 bridgehead atoms. The Hall–Kier alpha value is -2.41. The lowest BCUT2D eigenvalue weighted by molar-refractivity contribution is 0.000945. The molecule has 0 spiro atoms. The summed E-state index contributed by atoms with van der Waals surface area (Å²) in [5, 5.41) is 12.1. The highest BCUT2D eigenvalue weighted by Gasteiger charge is 2.60. The van der Waals surface area contributed by atoms with Crippen molar-refractivity contribution in [3.05, 3.63) is 30.9 Å². The van der Waals surface area contributed by atoms with Gasteiger partial charge in [0.15, 0.2) is 0 Å². The Labute approximate surface area is 133 Å². The molecule has 3 aromatic heterocycles. The molecule has 1 saturated carbocycles. The van der Waals surface area contributed by atoms with Crippen LogP contribution in [0.15, 0.2) is 30.9 Å². The molecular weight excluding hydrogens is 292 g/mol. The summed E-state index contributed by atoms with van der Waals surface area (Å²) in [6, 6.07) is 1.94. The first-order chi connectivity index (χ1) is 11.0. The van der Waals surface area contributed by atoms with Crippen LogP contribution < -0.4 is 10.1 Å². The van der Waals surface area contributed by atoms with Gasteiger partial charge in [-0.25, -0.2) is 9.50 Å². The third kappa shape index (κ3) is 1.89. The third-order valence-corrected chi connectivity index (χ3v) is 4.93. The number of ether oxygens (including phenoxy) is 1. The molecule has 7 nitrogen and oxygen atoms in total. The molecule has 1 N–H and O–H groups in total. The summed E-state index contributed by atoms with van der Waals surface area (Å²) in [5.41, 5.74) is 2.77.